The highest BCUT2D eigenvalue weighted by molar-refractivity contribution is 5.98. The predicted octanol–water partition coefficient (Wildman–Crippen LogP) is 0.170. The number of hydrogen-bond donors (Lipinski definition) is 5. The van der Waals surface area contributed by atoms with Gasteiger partial charge in [0.25, 0.3) is 5.91 Å². The lowest BCUT2D eigenvalue weighted by molar-refractivity contribution is 0.100. The molecule has 0 aliphatic heterocycles. The van der Waals surface area contributed by atoms with Gasteiger partial charge >= 0.3 is 0 Å². The number of nitrogens with two attached hydrogens (primary N) is 3. The molecule has 2 rings (SSSR count). The Morgan fingerprint density at radius 3 is 2.79 bits per heavy atom. The molecule has 1 amide bonds. The summed E-state index contributed by atoms with van der Waals surface area (Å²) < 4.78 is 0. The topological polar surface area (TPSA) is 157 Å². The van der Waals surface area contributed by atoms with E-state index in [4.69, 9.17) is 17.2 Å². The quantitative estimate of drug-likeness (QED) is 0.464. The normalized spacial score (nSPS) is 21.7. The van der Waals surface area contributed by atoms with Crippen LogP contribution in [0.15, 0.2) is 23.1 Å². The molecular weight excluding hydrogens is 308 g/mol. The number of carbonyl (C=O) groups is 1. The molecule has 1 aliphatic rings. The molecule has 1 aromatic heterocycles. The lowest BCUT2D eigenvalue weighted by Crippen LogP contribution is -2.43. The first-order valence-electron chi connectivity index (χ1n) is 7.85. The van der Waals surface area contributed by atoms with Crippen LogP contribution in [0.5, 0.6) is 0 Å². The summed E-state index contributed by atoms with van der Waals surface area (Å²) in [5, 5.41) is 6.17. The first kappa shape index (κ1) is 17.7. The average Bonchev–Trinajstić information content (AvgIpc) is 2.56. The Hall–Kier alpha value is -2.68. The van der Waals surface area contributed by atoms with E-state index in [1.165, 1.54) is 18.6 Å². The Labute approximate surface area is 140 Å². The van der Waals surface area contributed by atoms with Crippen LogP contribution in [0.3, 0.4) is 0 Å². The fraction of sp³-hybridized carbons (Fsp3) is 0.467. The summed E-state index contributed by atoms with van der Waals surface area (Å²) in [6.45, 7) is 0. The van der Waals surface area contributed by atoms with E-state index < -0.39 is 5.91 Å². The number of aliphatic imine (C=N–C) groups is 1. The molecule has 0 unspecified atom stereocenters. The maximum Gasteiger partial charge on any atom is 0.254 e. The second kappa shape index (κ2) is 8.25. The fourth-order valence-corrected chi connectivity index (χ4v) is 2.62. The maximum absolute atomic E-state index is 11.6. The zero-order chi connectivity index (χ0) is 17.5. The molecule has 0 saturated heterocycles. The van der Waals surface area contributed by atoms with E-state index in [1.54, 1.807) is 7.05 Å². The van der Waals surface area contributed by atoms with Crippen LogP contribution < -0.4 is 27.8 Å². The molecule has 1 heterocycles. The monoisotopic (exact) mass is 332 g/mol. The number of nitrogens with one attached hydrogen (secondary N) is 2. The minimum Gasteiger partial charge on any atom is -0.403 e. The lowest BCUT2D eigenvalue weighted by atomic mass is 9.91. The summed E-state index contributed by atoms with van der Waals surface area (Å²) in [5.74, 6) is 0.0128. The molecular formula is C15H24N8O. The molecule has 9 heteroatoms. The highest BCUT2D eigenvalue weighted by atomic mass is 16.1. The van der Waals surface area contributed by atoms with Crippen LogP contribution in [0.25, 0.3) is 0 Å². The van der Waals surface area contributed by atoms with Crippen LogP contribution >= 0.6 is 0 Å². The molecule has 1 aliphatic carbocycles. The van der Waals surface area contributed by atoms with Gasteiger partial charge in [-0.15, -0.1) is 0 Å². The summed E-state index contributed by atoms with van der Waals surface area (Å²) in [5.41, 5.74) is 17.7. The Morgan fingerprint density at radius 2 is 2.17 bits per heavy atom. The van der Waals surface area contributed by atoms with E-state index in [1.807, 2.05) is 0 Å². The third-order valence-electron chi connectivity index (χ3n) is 3.90. The number of hydrogen-bond acceptors (Lipinski definition) is 8. The van der Waals surface area contributed by atoms with Crippen molar-refractivity contribution in [3.8, 4) is 0 Å². The second-order valence-electron chi connectivity index (χ2n) is 5.65. The smallest absolute Gasteiger partial charge is 0.254 e. The number of nitrogens with zero attached hydrogens (tertiary/aromatic N) is 3. The van der Waals surface area contributed by atoms with Crippen LogP contribution in [0, 0.1) is 0 Å². The molecule has 130 valence electrons. The first-order valence-corrected chi connectivity index (χ1v) is 7.85. The first-order chi connectivity index (χ1) is 11.5. The number of allylic oxidation sites excluding steroid dienone is 1. The van der Waals surface area contributed by atoms with Gasteiger partial charge in [0, 0.05) is 37.7 Å². The highest BCUT2D eigenvalue weighted by Gasteiger charge is 2.23. The van der Waals surface area contributed by atoms with Gasteiger partial charge in [0.15, 0.2) is 0 Å². The zero-order valence-corrected chi connectivity index (χ0v) is 13.7. The van der Waals surface area contributed by atoms with Crippen molar-refractivity contribution in [1.82, 2.24) is 9.97 Å². The number of aromatic nitrogens is 2. The van der Waals surface area contributed by atoms with Gasteiger partial charge in [-0.3, -0.25) is 9.79 Å². The zero-order valence-electron chi connectivity index (χ0n) is 13.7. The van der Waals surface area contributed by atoms with Crippen molar-refractivity contribution in [1.29, 1.82) is 0 Å². The van der Waals surface area contributed by atoms with Gasteiger partial charge < -0.3 is 27.8 Å². The van der Waals surface area contributed by atoms with Gasteiger partial charge in [0.1, 0.15) is 11.4 Å². The second-order valence-corrected chi connectivity index (χ2v) is 5.65. The number of carbonyl (C=O) groups excluding carboxylic acids is 1. The number of primary amides is 1. The molecule has 0 radical (unpaired) electrons. The summed E-state index contributed by atoms with van der Waals surface area (Å²) >= 11 is 0. The largest absolute Gasteiger partial charge is 0.403 e. The van der Waals surface area contributed by atoms with E-state index in [-0.39, 0.29) is 23.5 Å². The molecule has 1 saturated carbocycles. The van der Waals surface area contributed by atoms with E-state index in [2.05, 4.69) is 25.6 Å². The Balaban J connectivity index is 2.24. The minimum absolute atomic E-state index is 0.0568. The number of rotatable bonds is 6. The summed E-state index contributed by atoms with van der Waals surface area (Å²) in [6, 6.07) is 0.161. The molecule has 9 nitrogen and oxygen atoms in total. The highest BCUT2D eigenvalue weighted by Crippen LogP contribution is 2.21. The SMILES string of the molecule is CN=CC(=CN)Nc1nc(N[C@@H]2CCCC[C@@H]2N)ncc1C(N)=O. The van der Waals surface area contributed by atoms with Crippen molar-refractivity contribution < 1.29 is 4.79 Å². The summed E-state index contributed by atoms with van der Waals surface area (Å²) in [4.78, 5) is 24.0. The minimum atomic E-state index is -0.636. The van der Waals surface area contributed by atoms with E-state index in [0.29, 0.717) is 11.6 Å². The molecule has 2 atom stereocenters. The van der Waals surface area contributed by atoms with Crippen LogP contribution in [-0.4, -0.2) is 41.2 Å². The van der Waals surface area contributed by atoms with Crippen molar-refractivity contribution >= 4 is 23.9 Å². The molecule has 24 heavy (non-hydrogen) atoms. The number of amides is 1. The van der Waals surface area contributed by atoms with Gasteiger partial charge in [-0.05, 0) is 12.8 Å². The van der Waals surface area contributed by atoms with Crippen molar-refractivity contribution in [3.63, 3.8) is 0 Å². The van der Waals surface area contributed by atoms with Gasteiger partial charge in [-0.25, -0.2) is 4.98 Å². The predicted molar refractivity (Wildman–Crippen MR) is 94.7 cm³/mol. The van der Waals surface area contributed by atoms with Gasteiger partial charge in [0.05, 0.1) is 5.70 Å². The fourth-order valence-electron chi connectivity index (χ4n) is 2.62. The molecule has 0 bridgehead atoms. The van der Waals surface area contributed by atoms with Gasteiger partial charge in [-0.2, -0.15) is 4.98 Å². The standard InChI is InChI=1S/C15H24N8O/c1-19-7-9(6-16)21-14-10(13(18)24)8-20-15(23-14)22-12-5-3-2-4-11(12)17/h6-8,11-12H,2-5,16-17H2,1H3,(H2,18,24)(H2,20,21,22,23)/t11-,12+/m0/s1. The summed E-state index contributed by atoms with van der Waals surface area (Å²) in [6.07, 6.45) is 8.39. The van der Waals surface area contributed by atoms with Gasteiger partial charge in [-0.1, -0.05) is 12.8 Å². The molecule has 8 N–H and O–H groups in total. The number of anilines is 2. The van der Waals surface area contributed by atoms with Crippen LogP contribution in [0.2, 0.25) is 0 Å². The van der Waals surface area contributed by atoms with E-state index >= 15 is 0 Å². The average molecular weight is 332 g/mol. The van der Waals surface area contributed by atoms with Crippen molar-refractivity contribution in [3.05, 3.63) is 23.7 Å². The van der Waals surface area contributed by atoms with Gasteiger partial charge in [0.2, 0.25) is 5.95 Å². The Kier molecular flexibility index (Phi) is 6.07. The molecule has 0 spiro atoms. The van der Waals surface area contributed by atoms with Crippen LogP contribution in [0.1, 0.15) is 36.0 Å². The van der Waals surface area contributed by atoms with Crippen molar-refractivity contribution in [2.75, 3.05) is 17.7 Å². The third-order valence-corrected chi connectivity index (χ3v) is 3.90. The molecule has 1 fully saturated rings. The Bertz CT molecular complexity index is 642. The van der Waals surface area contributed by atoms with Crippen LogP contribution in [-0.2, 0) is 0 Å². The van der Waals surface area contributed by atoms with E-state index in [0.717, 1.165) is 25.7 Å². The molecule has 1 aromatic rings. The maximum atomic E-state index is 11.6. The van der Waals surface area contributed by atoms with Crippen molar-refractivity contribution in [2.45, 2.75) is 37.8 Å². The van der Waals surface area contributed by atoms with E-state index in [9.17, 15) is 4.79 Å². The molecule has 0 aromatic carbocycles. The summed E-state index contributed by atoms with van der Waals surface area (Å²) in [7, 11) is 1.61. The Morgan fingerprint density at radius 1 is 1.42 bits per heavy atom. The van der Waals surface area contributed by atoms with Crippen molar-refractivity contribution in [2.24, 2.45) is 22.2 Å². The third kappa shape index (κ3) is 4.42. The lowest BCUT2D eigenvalue weighted by Gasteiger charge is -2.29. The van der Waals surface area contributed by atoms with Crippen LogP contribution in [0.4, 0.5) is 11.8 Å².